The van der Waals surface area contributed by atoms with Crippen LogP contribution in [0.15, 0.2) is 36.2 Å². The van der Waals surface area contributed by atoms with E-state index in [-0.39, 0.29) is 5.91 Å². The first-order chi connectivity index (χ1) is 7.81. The van der Waals surface area contributed by atoms with Crippen LogP contribution < -0.4 is 5.32 Å². The van der Waals surface area contributed by atoms with Crippen LogP contribution in [0.2, 0.25) is 0 Å². The SMILES string of the molecule is C=CCNC(=O)c1cc(-c2cccs2)[nH]n1. The summed E-state index contributed by atoms with van der Waals surface area (Å²) < 4.78 is 0. The van der Waals surface area contributed by atoms with Gasteiger partial charge in [0.15, 0.2) is 5.69 Å². The van der Waals surface area contributed by atoms with Gasteiger partial charge in [0.25, 0.3) is 5.91 Å². The summed E-state index contributed by atoms with van der Waals surface area (Å²) >= 11 is 1.60. The van der Waals surface area contributed by atoms with Gasteiger partial charge in [0.1, 0.15) is 0 Å². The van der Waals surface area contributed by atoms with Crippen LogP contribution in [0.1, 0.15) is 10.5 Å². The molecule has 0 atom stereocenters. The maximum atomic E-state index is 11.5. The molecule has 2 aromatic rings. The molecule has 2 heterocycles. The first-order valence-electron chi connectivity index (χ1n) is 4.79. The quantitative estimate of drug-likeness (QED) is 0.794. The molecule has 0 radical (unpaired) electrons. The average molecular weight is 233 g/mol. The van der Waals surface area contributed by atoms with Crippen molar-refractivity contribution in [2.24, 2.45) is 0 Å². The van der Waals surface area contributed by atoms with Gasteiger partial charge in [0.2, 0.25) is 0 Å². The third-order valence-corrected chi connectivity index (χ3v) is 2.91. The molecule has 2 aromatic heterocycles. The van der Waals surface area contributed by atoms with E-state index in [1.807, 2.05) is 17.5 Å². The molecule has 4 nitrogen and oxygen atoms in total. The van der Waals surface area contributed by atoms with Crippen molar-refractivity contribution in [2.45, 2.75) is 0 Å². The van der Waals surface area contributed by atoms with Gasteiger partial charge in [-0.3, -0.25) is 9.89 Å². The molecule has 2 N–H and O–H groups in total. The Kier molecular flexibility index (Phi) is 3.16. The second-order valence-corrected chi connectivity index (χ2v) is 4.09. The van der Waals surface area contributed by atoms with E-state index in [0.717, 1.165) is 10.6 Å². The summed E-state index contributed by atoms with van der Waals surface area (Å²) in [5.74, 6) is -0.195. The summed E-state index contributed by atoms with van der Waals surface area (Å²) in [6.45, 7) is 3.98. The van der Waals surface area contributed by atoms with Crippen molar-refractivity contribution < 1.29 is 4.79 Å². The fraction of sp³-hybridized carbons (Fsp3) is 0.0909. The minimum absolute atomic E-state index is 0.195. The van der Waals surface area contributed by atoms with Crippen molar-refractivity contribution in [3.8, 4) is 10.6 Å². The van der Waals surface area contributed by atoms with Crippen LogP contribution in [0.4, 0.5) is 0 Å². The summed E-state index contributed by atoms with van der Waals surface area (Å²) in [6.07, 6.45) is 1.63. The standard InChI is InChI=1S/C11H11N3OS/c1-2-5-12-11(15)9-7-8(13-14-9)10-4-3-6-16-10/h2-4,6-7H,1,5H2,(H,12,15)(H,13,14). The highest BCUT2D eigenvalue weighted by Crippen LogP contribution is 2.22. The van der Waals surface area contributed by atoms with Gasteiger partial charge in [-0.15, -0.1) is 17.9 Å². The zero-order chi connectivity index (χ0) is 11.4. The molecule has 0 aliphatic rings. The number of H-pyrrole nitrogens is 1. The second-order valence-electron chi connectivity index (χ2n) is 3.14. The van der Waals surface area contributed by atoms with Crippen LogP contribution in [0.5, 0.6) is 0 Å². The first-order valence-corrected chi connectivity index (χ1v) is 5.67. The number of aromatic amines is 1. The minimum Gasteiger partial charge on any atom is -0.347 e. The van der Waals surface area contributed by atoms with Crippen LogP contribution in [0.25, 0.3) is 10.6 Å². The topological polar surface area (TPSA) is 57.8 Å². The average Bonchev–Trinajstić information content (AvgIpc) is 2.94. The number of nitrogens with zero attached hydrogens (tertiary/aromatic N) is 1. The molecular formula is C11H11N3OS. The van der Waals surface area contributed by atoms with Crippen LogP contribution in [0.3, 0.4) is 0 Å². The Morgan fingerprint density at radius 3 is 3.25 bits per heavy atom. The number of carbonyl (C=O) groups is 1. The predicted molar refractivity (Wildman–Crippen MR) is 64.4 cm³/mol. The molecule has 82 valence electrons. The number of nitrogens with one attached hydrogen (secondary N) is 2. The largest absolute Gasteiger partial charge is 0.347 e. The number of rotatable bonds is 4. The van der Waals surface area contributed by atoms with Crippen LogP contribution in [-0.4, -0.2) is 22.6 Å². The van der Waals surface area contributed by atoms with Crippen molar-refractivity contribution >= 4 is 17.2 Å². The van der Waals surface area contributed by atoms with Crippen LogP contribution >= 0.6 is 11.3 Å². The molecule has 0 bridgehead atoms. The predicted octanol–water partition coefficient (Wildman–Crippen LogP) is 2.05. The van der Waals surface area contributed by atoms with Crippen molar-refractivity contribution in [1.82, 2.24) is 15.5 Å². The smallest absolute Gasteiger partial charge is 0.272 e. The number of carbonyl (C=O) groups excluding carboxylic acids is 1. The van der Waals surface area contributed by atoms with Crippen LogP contribution in [0, 0.1) is 0 Å². The summed E-state index contributed by atoms with van der Waals surface area (Å²) in [5.41, 5.74) is 1.25. The molecule has 0 saturated carbocycles. The lowest BCUT2D eigenvalue weighted by Gasteiger charge is -1.96. The highest BCUT2D eigenvalue weighted by Gasteiger charge is 2.10. The van der Waals surface area contributed by atoms with E-state index in [1.165, 1.54) is 0 Å². The fourth-order valence-electron chi connectivity index (χ4n) is 1.25. The Labute approximate surface area is 97.0 Å². The van der Waals surface area contributed by atoms with Gasteiger partial charge in [-0.05, 0) is 17.5 Å². The van der Waals surface area contributed by atoms with Crippen molar-refractivity contribution in [1.29, 1.82) is 0 Å². The zero-order valence-corrected chi connectivity index (χ0v) is 9.38. The Balaban J connectivity index is 2.13. The van der Waals surface area contributed by atoms with Gasteiger partial charge in [-0.2, -0.15) is 5.10 Å². The van der Waals surface area contributed by atoms with E-state index >= 15 is 0 Å². The Morgan fingerprint density at radius 1 is 1.69 bits per heavy atom. The normalized spacial score (nSPS) is 10.0. The fourth-order valence-corrected chi connectivity index (χ4v) is 1.94. The Hall–Kier alpha value is -1.88. The van der Waals surface area contributed by atoms with Crippen molar-refractivity contribution in [3.05, 3.63) is 41.9 Å². The van der Waals surface area contributed by atoms with Crippen LogP contribution in [-0.2, 0) is 0 Å². The van der Waals surface area contributed by atoms with E-state index in [2.05, 4.69) is 22.1 Å². The molecule has 0 saturated heterocycles. The molecular weight excluding hydrogens is 222 g/mol. The summed E-state index contributed by atoms with van der Waals surface area (Å²) in [6, 6.07) is 5.67. The zero-order valence-electron chi connectivity index (χ0n) is 8.56. The third-order valence-electron chi connectivity index (χ3n) is 2.00. The highest BCUT2D eigenvalue weighted by atomic mass is 32.1. The number of aromatic nitrogens is 2. The summed E-state index contributed by atoms with van der Waals surface area (Å²) in [4.78, 5) is 12.6. The van der Waals surface area contributed by atoms with Gasteiger partial charge in [-0.25, -0.2) is 0 Å². The maximum Gasteiger partial charge on any atom is 0.272 e. The molecule has 5 heteroatoms. The first kappa shape index (κ1) is 10.6. The molecule has 2 rings (SSSR count). The van der Waals surface area contributed by atoms with Gasteiger partial charge >= 0.3 is 0 Å². The molecule has 16 heavy (non-hydrogen) atoms. The summed E-state index contributed by atoms with van der Waals surface area (Å²) in [7, 11) is 0. The van der Waals surface area contributed by atoms with Gasteiger partial charge in [0, 0.05) is 6.54 Å². The van der Waals surface area contributed by atoms with Gasteiger partial charge in [-0.1, -0.05) is 12.1 Å². The number of hydrogen-bond acceptors (Lipinski definition) is 3. The van der Waals surface area contributed by atoms with Gasteiger partial charge in [0.05, 0.1) is 10.6 Å². The molecule has 1 amide bonds. The highest BCUT2D eigenvalue weighted by molar-refractivity contribution is 7.13. The number of thiophene rings is 1. The minimum atomic E-state index is -0.195. The third kappa shape index (κ3) is 2.20. The Bertz CT molecular complexity index is 487. The number of amides is 1. The van der Waals surface area contributed by atoms with Crippen molar-refractivity contribution in [2.75, 3.05) is 6.54 Å². The van der Waals surface area contributed by atoms with E-state index in [0.29, 0.717) is 12.2 Å². The summed E-state index contributed by atoms with van der Waals surface area (Å²) in [5, 5.41) is 11.5. The molecule has 0 aromatic carbocycles. The Morgan fingerprint density at radius 2 is 2.56 bits per heavy atom. The van der Waals surface area contributed by atoms with Gasteiger partial charge < -0.3 is 5.32 Å². The lowest BCUT2D eigenvalue weighted by atomic mass is 10.3. The molecule has 0 aliphatic heterocycles. The maximum absolute atomic E-state index is 11.5. The molecule has 0 aliphatic carbocycles. The number of hydrogen-bond donors (Lipinski definition) is 2. The van der Waals surface area contributed by atoms with E-state index in [4.69, 9.17) is 0 Å². The lowest BCUT2D eigenvalue weighted by molar-refractivity contribution is 0.0953. The van der Waals surface area contributed by atoms with E-state index in [1.54, 1.807) is 23.5 Å². The van der Waals surface area contributed by atoms with E-state index < -0.39 is 0 Å². The monoisotopic (exact) mass is 233 g/mol. The molecule has 0 unspecified atom stereocenters. The lowest BCUT2D eigenvalue weighted by Crippen LogP contribution is -2.23. The molecule has 0 spiro atoms. The second kappa shape index (κ2) is 4.76. The van der Waals surface area contributed by atoms with Crippen molar-refractivity contribution in [3.63, 3.8) is 0 Å². The van der Waals surface area contributed by atoms with E-state index in [9.17, 15) is 4.79 Å². The molecule has 0 fully saturated rings.